The number of rotatable bonds is 22. The number of likely N-dealkylation sites (N-methyl/N-ethyl adjacent to an activating group) is 1. The first kappa shape index (κ1) is 59.0. The zero-order valence-electron chi connectivity index (χ0n) is 38.6. The minimum Gasteiger partial charge on any atom is -0.498 e. The predicted molar refractivity (Wildman–Crippen MR) is 241 cm³/mol. The summed E-state index contributed by atoms with van der Waals surface area (Å²) >= 11 is 0. The van der Waals surface area contributed by atoms with Gasteiger partial charge in [-0.15, -0.1) is 6.58 Å². The molecule has 1 fully saturated rings. The maximum Gasteiger partial charge on any atom is 0.290 e. The van der Waals surface area contributed by atoms with Crippen LogP contribution >= 0.6 is 0 Å². The van der Waals surface area contributed by atoms with Gasteiger partial charge in [0, 0.05) is 52.8 Å². The fraction of sp³-hybridized carbons (Fsp3) is 0.614. The molecule has 0 saturated carbocycles. The smallest absolute Gasteiger partial charge is 0.290 e. The normalized spacial score (nSPS) is 13.9. The van der Waals surface area contributed by atoms with Crippen molar-refractivity contribution < 1.29 is 51.8 Å². The van der Waals surface area contributed by atoms with Gasteiger partial charge >= 0.3 is 0 Å². The van der Waals surface area contributed by atoms with Gasteiger partial charge in [0.2, 0.25) is 35.3 Å². The maximum atomic E-state index is 13.2. The van der Waals surface area contributed by atoms with Crippen LogP contribution in [0.15, 0.2) is 55.3 Å². The van der Waals surface area contributed by atoms with Gasteiger partial charge in [-0.05, 0) is 36.7 Å². The van der Waals surface area contributed by atoms with Gasteiger partial charge in [0.05, 0.1) is 37.3 Å². The van der Waals surface area contributed by atoms with Crippen molar-refractivity contribution in [2.24, 2.45) is 5.41 Å². The van der Waals surface area contributed by atoms with Crippen LogP contribution in [0.1, 0.15) is 105 Å². The highest BCUT2D eigenvalue weighted by atomic mass is 32.2. The summed E-state index contributed by atoms with van der Waals surface area (Å²) in [6, 6.07) is 4.75. The number of amides is 6. The summed E-state index contributed by atoms with van der Waals surface area (Å²) in [7, 11) is -0.579. The first-order valence-electron chi connectivity index (χ1n) is 20.9. The molecule has 3 unspecified atom stereocenters. The number of sulfone groups is 1. The van der Waals surface area contributed by atoms with E-state index in [9.17, 15) is 42.0 Å². The zero-order valence-corrected chi connectivity index (χ0v) is 39.5. The molecule has 0 radical (unpaired) electrons. The van der Waals surface area contributed by atoms with Crippen LogP contribution in [0, 0.1) is 5.41 Å². The third-order valence-electron chi connectivity index (χ3n) is 8.06. The lowest BCUT2D eigenvalue weighted by atomic mass is 10.0. The molecular formula is C44H74N6O11S. The van der Waals surface area contributed by atoms with E-state index >= 15 is 0 Å². The lowest BCUT2D eigenvalue weighted by Gasteiger charge is -2.26. The van der Waals surface area contributed by atoms with Gasteiger partial charge in [-0.1, -0.05) is 91.5 Å². The largest absolute Gasteiger partial charge is 0.498 e. The van der Waals surface area contributed by atoms with Gasteiger partial charge in [-0.25, -0.2) is 8.42 Å². The summed E-state index contributed by atoms with van der Waals surface area (Å²) in [4.78, 5) is 91.6. The number of likely N-dealkylation sites (tertiary alicyclic amines) is 1. The van der Waals surface area contributed by atoms with Crippen molar-refractivity contribution in [3.63, 3.8) is 0 Å². The standard InChI is InChI=1S/C30H42N6O9S.C7H14O2.C5H12.C2H6/c1-5-6-14-23(37)31-19-25(39)36-16-10-13-22(36)28(41)33-21(15-17-46(4,44)45)27(40)29(42)32-18-24(38)34-26(30(43)35(2)3)20-11-8-7-9-12-20;1-3-7(2)9-6-4-5-8;1-5(2,3)4;1-2/h5,7-9,11-12,21-22,26H,1,6,10,13-19H2,2-4H3,(H,31,37)(H,32,42)(H,33,41)(H,34,38);8H,2-6H2,1H3;1-4H3;1-2H3. The van der Waals surface area contributed by atoms with Crippen molar-refractivity contribution in [1.82, 2.24) is 31.1 Å². The highest BCUT2D eigenvalue weighted by Crippen LogP contribution is 2.18. The number of ether oxygens (including phenoxy) is 1. The van der Waals surface area contributed by atoms with Crippen molar-refractivity contribution in [3.8, 4) is 0 Å². The van der Waals surface area contributed by atoms with Gasteiger partial charge in [0.1, 0.15) is 21.9 Å². The lowest BCUT2D eigenvalue weighted by Crippen LogP contribution is -2.55. The number of hydrogen-bond donors (Lipinski definition) is 5. The molecule has 2 rings (SSSR count). The number of Topliss-reactive ketones (excluding diaryl/α,β-unsaturated/α-hetero) is 1. The van der Waals surface area contributed by atoms with Crippen LogP contribution < -0.4 is 21.3 Å². The number of aliphatic hydroxyl groups excluding tert-OH is 1. The van der Waals surface area contributed by atoms with Crippen LogP contribution in [-0.4, -0.2) is 136 Å². The quantitative estimate of drug-likeness (QED) is 0.0491. The Morgan fingerprint density at radius 3 is 2.10 bits per heavy atom. The Bertz CT molecular complexity index is 1690. The molecule has 0 aromatic heterocycles. The predicted octanol–water partition coefficient (Wildman–Crippen LogP) is 3.00. The Balaban J connectivity index is 0. The summed E-state index contributed by atoms with van der Waals surface area (Å²) < 4.78 is 28.8. The van der Waals surface area contributed by atoms with E-state index in [0.717, 1.165) is 18.4 Å². The van der Waals surface area contributed by atoms with E-state index < -0.39 is 82.0 Å². The number of allylic oxidation sites excluding steroid dienone is 2. The Hall–Kier alpha value is -5.10. The molecule has 0 bridgehead atoms. The van der Waals surface area contributed by atoms with Crippen LogP contribution in [0.5, 0.6) is 0 Å². The molecule has 18 heteroatoms. The molecule has 17 nitrogen and oxygen atoms in total. The molecule has 1 heterocycles. The second-order valence-electron chi connectivity index (χ2n) is 15.8. The van der Waals surface area contributed by atoms with E-state index in [1.54, 1.807) is 36.4 Å². The van der Waals surface area contributed by atoms with Gasteiger partial charge in [0.25, 0.3) is 5.91 Å². The molecule has 6 amide bonds. The maximum absolute atomic E-state index is 13.2. The molecule has 62 heavy (non-hydrogen) atoms. The third-order valence-corrected chi connectivity index (χ3v) is 9.04. The molecule has 3 atom stereocenters. The molecule has 1 aliphatic rings. The van der Waals surface area contributed by atoms with Gasteiger partial charge in [-0.3, -0.25) is 33.6 Å². The van der Waals surface area contributed by atoms with Crippen molar-refractivity contribution in [1.29, 1.82) is 0 Å². The summed E-state index contributed by atoms with van der Waals surface area (Å²) in [6.45, 7) is 21.9. The number of nitrogens with one attached hydrogen (secondary N) is 4. The van der Waals surface area contributed by atoms with E-state index in [1.165, 1.54) is 23.9 Å². The summed E-state index contributed by atoms with van der Waals surface area (Å²) in [6.07, 6.45) is 4.90. The SMILES string of the molecule is C=C(CC)OCCCO.C=CCCC(=O)NCC(=O)N1CCCC1C(=O)NC(CCS(C)(=O)=O)C(=O)C(=O)NCC(=O)NC(C(=O)N(C)C)c1ccccc1.CC.CC(C)(C)C. The summed E-state index contributed by atoms with van der Waals surface area (Å²) in [5, 5.41) is 17.9. The Labute approximate surface area is 369 Å². The molecule has 1 aromatic carbocycles. The molecule has 1 saturated heterocycles. The minimum absolute atomic E-state index is 0.149. The lowest BCUT2D eigenvalue weighted by molar-refractivity contribution is -0.142. The van der Waals surface area contributed by atoms with Crippen molar-refractivity contribution in [2.75, 3.05) is 59.0 Å². The second-order valence-corrected chi connectivity index (χ2v) is 18.1. The number of hydrogen-bond acceptors (Lipinski definition) is 11. The molecular weight excluding hydrogens is 821 g/mol. The zero-order chi connectivity index (χ0) is 48.1. The van der Waals surface area contributed by atoms with Crippen molar-refractivity contribution >= 4 is 51.1 Å². The van der Waals surface area contributed by atoms with E-state index in [-0.39, 0.29) is 38.4 Å². The van der Waals surface area contributed by atoms with E-state index in [0.29, 0.717) is 36.8 Å². The van der Waals surface area contributed by atoms with Crippen molar-refractivity contribution in [3.05, 3.63) is 60.9 Å². The highest BCUT2D eigenvalue weighted by Gasteiger charge is 2.37. The minimum atomic E-state index is -3.61. The first-order valence-corrected chi connectivity index (χ1v) is 23.0. The van der Waals surface area contributed by atoms with Gasteiger partial charge < -0.3 is 40.9 Å². The van der Waals surface area contributed by atoms with Crippen LogP contribution in [-0.2, 0) is 48.1 Å². The molecule has 352 valence electrons. The Kier molecular flexibility index (Phi) is 30.2. The van der Waals surface area contributed by atoms with Gasteiger partial charge in [-0.2, -0.15) is 0 Å². The molecule has 0 spiro atoms. The number of aliphatic hydroxyl groups is 1. The first-order chi connectivity index (χ1) is 28.9. The summed E-state index contributed by atoms with van der Waals surface area (Å²) in [5.41, 5.74) is 0.995. The van der Waals surface area contributed by atoms with Crippen LogP contribution in [0.4, 0.5) is 0 Å². The van der Waals surface area contributed by atoms with Crippen molar-refractivity contribution in [2.45, 2.75) is 112 Å². The molecule has 1 aromatic rings. The summed E-state index contributed by atoms with van der Waals surface area (Å²) in [5.74, 6) is -5.05. The molecule has 5 N–H and O–H groups in total. The third kappa shape index (κ3) is 27.7. The monoisotopic (exact) mass is 895 g/mol. The number of ketones is 1. The van der Waals surface area contributed by atoms with Crippen LogP contribution in [0.3, 0.4) is 0 Å². The average molecular weight is 895 g/mol. The number of carbonyl (C=O) groups excluding carboxylic acids is 7. The second kappa shape index (κ2) is 31.7. The van der Waals surface area contributed by atoms with E-state index in [2.05, 4.69) is 62.1 Å². The van der Waals surface area contributed by atoms with Gasteiger partial charge in [0.15, 0.2) is 0 Å². The number of benzene rings is 1. The number of nitrogens with zero attached hydrogens (tertiary/aromatic N) is 2. The van der Waals surface area contributed by atoms with Crippen LogP contribution in [0.2, 0.25) is 0 Å². The molecule has 0 aliphatic carbocycles. The number of carbonyl (C=O) groups is 7. The Morgan fingerprint density at radius 2 is 1.58 bits per heavy atom. The Morgan fingerprint density at radius 1 is 0.984 bits per heavy atom. The average Bonchev–Trinajstić information content (AvgIpc) is 3.72. The van der Waals surface area contributed by atoms with E-state index in [4.69, 9.17) is 9.84 Å². The fourth-order valence-electron chi connectivity index (χ4n) is 5.00. The van der Waals surface area contributed by atoms with Crippen LogP contribution in [0.25, 0.3) is 0 Å². The molecule has 1 aliphatic heterocycles. The van der Waals surface area contributed by atoms with E-state index in [1.807, 2.05) is 20.8 Å². The highest BCUT2D eigenvalue weighted by molar-refractivity contribution is 7.90. The topological polar surface area (TPSA) is 238 Å². The fourth-order valence-corrected chi connectivity index (χ4v) is 5.66.